The van der Waals surface area contributed by atoms with Crippen LogP contribution in [0.15, 0.2) is 12.7 Å². The van der Waals surface area contributed by atoms with Crippen LogP contribution < -0.4 is 0 Å². The fourth-order valence-electron chi connectivity index (χ4n) is 5.17. The van der Waals surface area contributed by atoms with E-state index in [0.29, 0.717) is 25.8 Å². The third kappa shape index (κ3) is 2.93. The van der Waals surface area contributed by atoms with Gasteiger partial charge in [0, 0.05) is 25.2 Å². The molecule has 2 bridgehead atoms. The van der Waals surface area contributed by atoms with E-state index in [1.807, 2.05) is 20.8 Å². The first kappa shape index (κ1) is 20.8. The molecule has 156 valence electrons. The van der Waals surface area contributed by atoms with Gasteiger partial charge in [-0.3, -0.25) is 14.4 Å². The Kier molecular flexibility index (Phi) is 5.31. The van der Waals surface area contributed by atoms with E-state index in [0.717, 1.165) is 0 Å². The third-order valence-electron chi connectivity index (χ3n) is 6.26. The molecule has 3 fully saturated rings. The first-order valence-corrected chi connectivity index (χ1v) is 9.84. The predicted molar refractivity (Wildman–Crippen MR) is 100 cm³/mol. The first-order valence-electron chi connectivity index (χ1n) is 9.84. The van der Waals surface area contributed by atoms with Gasteiger partial charge in [-0.05, 0) is 40.0 Å². The molecule has 3 saturated heterocycles. The number of carbonyl (C=O) groups excluding carboxylic acids is 2. The maximum Gasteiger partial charge on any atom is 0.310 e. The van der Waals surface area contributed by atoms with Crippen molar-refractivity contribution < 1.29 is 29.3 Å². The summed E-state index contributed by atoms with van der Waals surface area (Å²) < 4.78 is 6.13. The van der Waals surface area contributed by atoms with Gasteiger partial charge >= 0.3 is 5.97 Å². The van der Waals surface area contributed by atoms with Crippen molar-refractivity contribution in [3.05, 3.63) is 12.7 Å². The summed E-state index contributed by atoms with van der Waals surface area (Å²) in [5, 5.41) is 19.0. The highest BCUT2D eigenvalue weighted by Crippen LogP contribution is 2.58. The molecule has 28 heavy (non-hydrogen) atoms. The Morgan fingerprint density at radius 1 is 1.43 bits per heavy atom. The van der Waals surface area contributed by atoms with E-state index in [-0.39, 0.29) is 25.0 Å². The second-order valence-corrected chi connectivity index (χ2v) is 8.91. The standard InChI is InChI=1S/C20H30N2O6/c1-5-9-22(19(2,3)4)17(25)15-20-8-7-12(28-20)13(18(26)27)14(20)16(24)21(15)10-6-11-23/h5,12-15,23H,1,6-11H2,2-4H3,(H,26,27)/t12-,13+,14+,15-,20+/m1/s1. The summed E-state index contributed by atoms with van der Waals surface area (Å²) in [5.74, 6) is -3.46. The zero-order chi connectivity index (χ0) is 20.9. The summed E-state index contributed by atoms with van der Waals surface area (Å²) in [5.41, 5.74) is -1.61. The number of hydrogen-bond acceptors (Lipinski definition) is 5. The van der Waals surface area contributed by atoms with Gasteiger partial charge in [0.05, 0.1) is 17.9 Å². The SMILES string of the molecule is C=CCN(C(=O)[C@H]1N(CCCO)C(=O)[C@@H]2[C@@H](C(=O)O)[C@H]3CC[C@]21O3)C(C)(C)C. The van der Waals surface area contributed by atoms with Gasteiger partial charge in [0.15, 0.2) is 0 Å². The van der Waals surface area contributed by atoms with E-state index in [1.165, 1.54) is 4.90 Å². The molecule has 8 nitrogen and oxygen atoms in total. The van der Waals surface area contributed by atoms with Crippen molar-refractivity contribution in [3.63, 3.8) is 0 Å². The fourth-order valence-corrected chi connectivity index (χ4v) is 5.17. The lowest BCUT2D eigenvalue weighted by molar-refractivity contribution is -0.152. The number of aliphatic hydroxyl groups excluding tert-OH is 1. The molecule has 5 atom stereocenters. The maximum absolute atomic E-state index is 13.7. The highest BCUT2D eigenvalue weighted by molar-refractivity contribution is 5.98. The molecule has 0 aromatic rings. The normalized spacial score (nSPS) is 33.9. The molecule has 0 radical (unpaired) electrons. The predicted octanol–water partition coefficient (Wildman–Crippen LogP) is 0.641. The summed E-state index contributed by atoms with van der Waals surface area (Å²) in [6, 6.07) is -0.884. The van der Waals surface area contributed by atoms with E-state index in [1.54, 1.807) is 11.0 Å². The number of nitrogens with zero attached hydrogens (tertiary/aromatic N) is 2. The molecule has 0 aliphatic carbocycles. The van der Waals surface area contributed by atoms with Gasteiger partial charge in [0.25, 0.3) is 0 Å². The molecular formula is C20H30N2O6. The Balaban J connectivity index is 2.05. The average Bonchev–Trinajstić information content (AvgIpc) is 3.23. The van der Waals surface area contributed by atoms with Gasteiger partial charge in [-0.1, -0.05) is 6.08 Å². The molecule has 3 aliphatic heterocycles. The maximum atomic E-state index is 13.7. The van der Waals surface area contributed by atoms with Crippen molar-refractivity contribution in [3.8, 4) is 0 Å². The van der Waals surface area contributed by atoms with E-state index in [9.17, 15) is 24.6 Å². The minimum absolute atomic E-state index is 0.121. The lowest BCUT2D eigenvalue weighted by Crippen LogP contribution is -2.60. The van der Waals surface area contributed by atoms with E-state index >= 15 is 0 Å². The number of carboxylic acids is 1. The Bertz CT molecular complexity index is 687. The molecule has 0 aromatic heterocycles. The summed E-state index contributed by atoms with van der Waals surface area (Å²) in [4.78, 5) is 41.9. The smallest absolute Gasteiger partial charge is 0.310 e. The summed E-state index contributed by atoms with van der Waals surface area (Å²) in [6.07, 6.45) is 2.42. The van der Waals surface area contributed by atoms with Crippen molar-refractivity contribution in [1.82, 2.24) is 9.80 Å². The number of rotatable bonds is 7. The fraction of sp³-hybridized carbons (Fsp3) is 0.750. The number of fused-ring (bicyclic) bond motifs is 1. The van der Waals surface area contributed by atoms with Gasteiger partial charge in [-0.25, -0.2) is 0 Å². The minimum Gasteiger partial charge on any atom is -0.481 e. The lowest BCUT2D eigenvalue weighted by Gasteiger charge is -2.42. The number of hydrogen-bond donors (Lipinski definition) is 2. The van der Waals surface area contributed by atoms with Crippen LogP contribution in [0.3, 0.4) is 0 Å². The van der Waals surface area contributed by atoms with Gasteiger partial charge in [-0.2, -0.15) is 0 Å². The second kappa shape index (κ2) is 7.15. The topological polar surface area (TPSA) is 107 Å². The molecule has 3 rings (SSSR count). The molecule has 8 heteroatoms. The van der Waals surface area contributed by atoms with Crippen molar-refractivity contribution in [2.45, 2.75) is 63.3 Å². The quantitative estimate of drug-likeness (QED) is 0.614. The zero-order valence-electron chi connectivity index (χ0n) is 16.8. The van der Waals surface area contributed by atoms with Crippen LogP contribution >= 0.6 is 0 Å². The Morgan fingerprint density at radius 2 is 2.11 bits per heavy atom. The minimum atomic E-state index is -1.11. The highest BCUT2D eigenvalue weighted by atomic mass is 16.5. The van der Waals surface area contributed by atoms with E-state index in [4.69, 9.17) is 4.74 Å². The van der Waals surface area contributed by atoms with Crippen LogP contribution in [0.4, 0.5) is 0 Å². The molecule has 0 aromatic carbocycles. The van der Waals surface area contributed by atoms with Gasteiger partial charge in [0.1, 0.15) is 11.6 Å². The average molecular weight is 394 g/mol. The van der Waals surface area contributed by atoms with Crippen molar-refractivity contribution >= 4 is 17.8 Å². The largest absolute Gasteiger partial charge is 0.481 e. The summed E-state index contributed by atoms with van der Waals surface area (Å²) >= 11 is 0. The second-order valence-electron chi connectivity index (χ2n) is 8.91. The molecular weight excluding hydrogens is 364 g/mol. The molecule has 0 unspecified atom stereocenters. The number of carboxylic acid groups (broad SMARTS) is 1. The number of amides is 2. The number of carbonyl (C=O) groups is 3. The van der Waals surface area contributed by atoms with Crippen LogP contribution in [-0.4, -0.2) is 80.8 Å². The monoisotopic (exact) mass is 394 g/mol. The lowest BCUT2D eigenvalue weighted by atomic mass is 9.70. The first-order chi connectivity index (χ1) is 13.1. The molecule has 3 heterocycles. The van der Waals surface area contributed by atoms with Crippen LogP contribution in [0.5, 0.6) is 0 Å². The van der Waals surface area contributed by atoms with Crippen molar-refractivity contribution in [1.29, 1.82) is 0 Å². The van der Waals surface area contributed by atoms with Crippen molar-refractivity contribution in [2.75, 3.05) is 19.7 Å². The Hall–Kier alpha value is -1.93. The van der Waals surface area contributed by atoms with Crippen LogP contribution in [0.1, 0.15) is 40.0 Å². The highest BCUT2D eigenvalue weighted by Gasteiger charge is 2.74. The Morgan fingerprint density at radius 3 is 2.64 bits per heavy atom. The number of aliphatic hydroxyl groups is 1. The molecule has 1 spiro atoms. The number of ether oxygens (including phenoxy) is 1. The summed E-state index contributed by atoms with van der Waals surface area (Å²) in [7, 11) is 0. The molecule has 2 amide bonds. The van der Waals surface area contributed by atoms with Crippen LogP contribution in [-0.2, 0) is 19.1 Å². The van der Waals surface area contributed by atoms with Crippen LogP contribution in [0.2, 0.25) is 0 Å². The van der Waals surface area contributed by atoms with E-state index in [2.05, 4.69) is 6.58 Å². The van der Waals surface area contributed by atoms with Gasteiger partial charge < -0.3 is 24.7 Å². The third-order valence-corrected chi connectivity index (χ3v) is 6.26. The van der Waals surface area contributed by atoms with Crippen molar-refractivity contribution in [2.24, 2.45) is 11.8 Å². The van der Waals surface area contributed by atoms with Gasteiger partial charge in [-0.15, -0.1) is 6.58 Å². The summed E-state index contributed by atoms with van der Waals surface area (Å²) in [6.45, 7) is 9.84. The molecule has 3 aliphatic rings. The van der Waals surface area contributed by atoms with Crippen LogP contribution in [0, 0.1) is 11.8 Å². The zero-order valence-corrected chi connectivity index (χ0v) is 16.8. The number of likely N-dealkylation sites (tertiary alicyclic amines) is 1. The molecule has 0 saturated carbocycles. The van der Waals surface area contributed by atoms with E-state index < -0.39 is 41.1 Å². The number of aliphatic carboxylic acids is 1. The van der Waals surface area contributed by atoms with Gasteiger partial charge in [0.2, 0.25) is 11.8 Å². The molecule has 2 N–H and O–H groups in total. The van der Waals surface area contributed by atoms with Crippen LogP contribution in [0.25, 0.3) is 0 Å². The Labute approximate surface area is 165 Å².